The highest BCUT2D eigenvalue weighted by molar-refractivity contribution is 6.00. The largest absolute Gasteiger partial charge is 0.294 e. The number of benzene rings is 1. The van der Waals surface area contributed by atoms with Crippen molar-refractivity contribution >= 4 is 5.78 Å². The van der Waals surface area contributed by atoms with E-state index in [-0.39, 0.29) is 17.3 Å². The average Bonchev–Trinajstić information content (AvgIpc) is 2.12. The zero-order chi connectivity index (χ0) is 10.3. The zero-order valence-electron chi connectivity index (χ0n) is 7.81. The van der Waals surface area contributed by atoms with E-state index in [4.69, 9.17) is 0 Å². The Morgan fingerprint density at radius 2 is 2.07 bits per heavy atom. The number of carbonyl (C=O) groups is 1. The summed E-state index contributed by atoms with van der Waals surface area (Å²) < 4.78 is 26.1. The Bertz CT molecular complexity index is 399. The van der Waals surface area contributed by atoms with Crippen LogP contribution in [0.1, 0.15) is 29.3 Å². The standard InChI is InChI=1S/C11H10F2O/c1-6-2-3-8-9(11(6)14)4-7(12)5-10(8)13/h4-6H,2-3H2,1H3. The van der Waals surface area contributed by atoms with Gasteiger partial charge in [-0.1, -0.05) is 6.92 Å². The molecule has 1 aromatic carbocycles. The Morgan fingerprint density at radius 3 is 2.79 bits per heavy atom. The molecule has 0 bridgehead atoms. The lowest BCUT2D eigenvalue weighted by molar-refractivity contribution is 0.0911. The molecule has 0 aliphatic heterocycles. The van der Waals surface area contributed by atoms with E-state index in [0.717, 1.165) is 12.1 Å². The maximum Gasteiger partial charge on any atom is 0.166 e. The second-order valence-electron chi connectivity index (χ2n) is 3.72. The molecule has 1 unspecified atom stereocenters. The topological polar surface area (TPSA) is 17.1 Å². The van der Waals surface area contributed by atoms with E-state index in [9.17, 15) is 13.6 Å². The molecule has 1 atom stereocenters. The van der Waals surface area contributed by atoms with Crippen LogP contribution < -0.4 is 0 Å². The molecule has 14 heavy (non-hydrogen) atoms. The number of rotatable bonds is 0. The summed E-state index contributed by atoms with van der Waals surface area (Å²) in [4.78, 5) is 11.6. The molecule has 0 N–H and O–H groups in total. The lowest BCUT2D eigenvalue weighted by Crippen LogP contribution is -2.21. The Kier molecular flexibility index (Phi) is 2.10. The summed E-state index contributed by atoms with van der Waals surface area (Å²) in [7, 11) is 0. The first-order valence-electron chi connectivity index (χ1n) is 4.61. The van der Waals surface area contributed by atoms with Crippen molar-refractivity contribution < 1.29 is 13.6 Å². The molecule has 0 spiro atoms. The van der Waals surface area contributed by atoms with Crippen LogP contribution in [0, 0.1) is 17.6 Å². The van der Waals surface area contributed by atoms with Gasteiger partial charge < -0.3 is 0 Å². The average molecular weight is 196 g/mol. The third kappa shape index (κ3) is 1.33. The fourth-order valence-corrected chi connectivity index (χ4v) is 1.83. The Morgan fingerprint density at radius 1 is 1.36 bits per heavy atom. The monoisotopic (exact) mass is 196 g/mol. The quantitative estimate of drug-likeness (QED) is 0.623. The third-order valence-corrected chi connectivity index (χ3v) is 2.70. The zero-order valence-corrected chi connectivity index (χ0v) is 7.81. The SMILES string of the molecule is CC1CCc2c(F)cc(F)cc2C1=O. The Hall–Kier alpha value is -1.25. The van der Waals surface area contributed by atoms with Crippen LogP contribution >= 0.6 is 0 Å². The lowest BCUT2D eigenvalue weighted by atomic mass is 9.83. The number of carbonyl (C=O) groups excluding carboxylic acids is 1. The van der Waals surface area contributed by atoms with Crippen molar-refractivity contribution in [3.63, 3.8) is 0 Å². The van der Waals surface area contributed by atoms with Crippen LogP contribution in [0.4, 0.5) is 8.78 Å². The molecular formula is C11H10F2O. The predicted molar refractivity (Wildman–Crippen MR) is 48.2 cm³/mol. The van der Waals surface area contributed by atoms with Crippen molar-refractivity contribution in [2.24, 2.45) is 5.92 Å². The molecule has 1 aliphatic rings. The van der Waals surface area contributed by atoms with Crippen molar-refractivity contribution in [3.05, 3.63) is 34.9 Å². The molecule has 0 radical (unpaired) electrons. The molecular weight excluding hydrogens is 186 g/mol. The van der Waals surface area contributed by atoms with Gasteiger partial charge in [-0.25, -0.2) is 8.78 Å². The van der Waals surface area contributed by atoms with Gasteiger partial charge >= 0.3 is 0 Å². The number of hydrogen-bond donors (Lipinski definition) is 0. The normalized spacial score (nSPS) is 20.8. The van der Waals surface area contributed by atoms with Crippen molar-refractivity contribution in [2.75, 3.05) is 0 Å². The second-order valence-corrected chi connectivity index (χ2v) is 3.72. The highest BCUT2D eigenvalue weighted by atomic mass is 19.1. The molecule has 0 saturated carbocycles. The predicted octanol–water partition coefficient (Wildman–Crippen LogP) is 2.73. The summed E-state index contributed by atoms with van der Waals surface area (Å²) in [6, 6.07) is 1.97. The molecule has 0 saturated heterocycles. The van der Waals surface area contributed by atoms with Crippen LogP contribution in [-0.2, 0) is 6.42 Å². The summed E-state index contributed by atoms with van der Waals surface area (Å²) in [5.74, 6) is -1.54. The molecule has 2 rings (SSSR count). The first-order chi connectivity index (χ1) is 6.59. The van der Waals surface area contributed by atoms with Gasteiger partial charge in [0.1, 0.15) is 11.6 Å². The van der Waals surface area contributed by atoms with Crippen LogP contribution in [0.5, 0.6) is 0 Å². The van der Waals surface area contributed by atoms with Gasteiger partial charge in [-0.15, -0.1) is 0 Å². The number of ketones is 1. The highest BCUT2D eigenvalue weighted by Gasteiger charge is 2.26. The molecule has 0 amide bonds. The first-order valence-corrected chi connectivity index (χ1v) is 4.61. The van der Waals surface area contributed by atoms with Gasteiger partial charge in [-0.05, 0) is 24.5 Å². The van der Waals surface area contributed by atoms with E-state index in [1.54, 1.807) is 6.92 Å². The summed E-state index contributed by atoms with van der Waals surface area (Å²) in [6.45, 7) is 1.79. The lowest BCUT2D eigenvalue weighted by Gasteiger charge is -2.20. The molecule has 3 heteroatoms. The fraction of sp³-hybridized carbons (Fsp3) is 0.364. The van der Waals surface area contributed by atoms with Gasteiger partial charge in [0.15, 0.2) is 5.78 Å². The summed E-state index contributed by atoms with van der Waals surface area (Å²) in [6.07, 6.45) is 1.17. The fourth-order valence-electron chi connectivity index (χ4n) is 1.83. The number of fused-ring (bicyclic) bond motifs is 1. The summed E-state index contributed by atoms with van der Waals surface area (Å²) >= 11 is 0. The maximum atomic E-state index is 13.2. The van der Waals surface area contributed by atoms with Gasteiger partial charge in [0.25, 0.3) is 0 Å². The highest BCUT2D eigenvalue weighted by Crippen LogP contribution is 2.27. The molecule has 1 nitrogen and oxygen atoms in total. The minimum atomic E-state index is -0.677. The van der Waals surface area contributed by atoms with Crippen molar-refractivity contribution in [1.82, 2.24) is 0 Å². The van der Waals surface area contributed by atoms with E-state index in [0.29, 0.717) is 18.4 Å². The van der Waals surface area contributed by atoms with Crippen LogP contribution in [0.15, 0.2) is 12.1 Å². The number of halogens is 2. The molecule has 0 aromatic heterocycles. The smallest absolute Gasteiger partial charge is 0.166 e. The van der Waals surface area contributed by atoms with E-state index < -0.39 is 11.6 Å². The Labute approximate surface area is 80.7 Å². The maximum absolute atomic E-state index is 13.2. The second kappa shape index (κ2) is 3.15. The van der Waals surface area contributed by atoms with Crippen LogP contribution in [-0.4, -0.2) is 5.78 Å². The molecule has 1 aliphatic carbocycles. The minimum Gasteiger partial charge on any atom is -0.294 e. The third-order valence-electron chi connectivity index (χ3n) is 2.70. The van der Waals surface area contributed by atoms with Crippen LogP contribution in [0.3, 0.4) is 0 Å². The van der Waals surface area contributed by atoms with Gasteiger partial charge in [0.05, 0.1) is 0 Å². The van der Waals surface area contributed by atoms with Crippen LogP contribution in [0.2, 0.25) is 0 Å². The number of Topliss-reactive ketones (excluding diaryl/α,β-unsaturated/α-hetero) is 1. The molecule has 0 heterocycles. The van der Waals surface area contributed by atoms with Gasteiger partial charge in [0.2, 0.25) is 0 Å². The van der Waals surface area contributed by atoms with E-state index in [2.05, 4.69) is 0 Å². The molecule has 0 fully saturated rings. The van der Waals surface area contributed by atoms with Gasteiger partial charge in [-0.3, -0.25) is 4.79 Å². The summed E-state index contributed by atoms with van der Waals surface area (Å²) in [5, 5.41) is 0. The number of hydrogen-bond acceptors (Lipinski definition) is 1. The van der Waals surface area contributed by atoms with Gasteiger partial charge in [-0.2, -0.15) is 0 Å². The van der Waals surface area contributed by atoms with Crippen molar-refractivity contribution in [1.29, 1.82) is 0 Å². The van der Waals surface area contributed by atoms with Crippen molar-refractivity contribution in [3.8, 4) is 0 Å². The first kappa shape index (κ1) is 9.31. The molecule has 1 aromatic rings. The van der Waals surface area contributed by atoms with Gasteiger partial charge in [0, 0.05) is 17.5 Å². The van der Waals surface area contributed by atoms with E-state index in [1.165, 1.54) is 0 Å². The van der Waals surface area contributed by atoms with Crippen LogP contribution in [0.25, 0.3) is 0 Å². The van der Waals surface area contributed by atoms with Crippen molar-refractivity contribution in [2.45, 2.75) is 19.8 Å². The summed E-state index contributed by atoms with van der Waals surface area (Å²) in [5.41, 5.74) is 0.593. The Balaban J connectivity index is 2.60. The molecule has 74 valence electrons. The minimum absolute atomic E-state index is 0.122. The van der Waals surface area contributed by atoms with E-state index >= 15 is 0 Å². The van der Waals surface area contributed by atoms with E-state index in [1.807, 2.05) is 0 Å².